The van der Waals surface area contributed by atoms with Crippen LogP contribution in [0, 0.1) is 5.41 Å². The van der Waals surface area contributed by atoms with E-state index in [1.54, 1.807) is 19.2 Å². The average Bonchev–Trinajstić information content (AvgIpc) is 3.74. The van der Waals surface area contributed by atoms with Crippen LogP contribution in [0.1, 0.15) is 103 Å². The molecule has 402 valence electrons. The van der Waals surface area contributed by atoms with Crippen LogP contribution in [0.4, 0.5) is 11.4 Å². The molecule has 0 spiro atoms. The number of amides is 2. The van der Waals surface area contributed by atoms with E-state index >= 15 is 0 Å². The number of hydroxylamine groups is 2. The van der Waals surface area contributed by atoms with Gasteiger partial charge in [-0.05, 0) is 98.4 Å². The fourth-order valence-corrected chi connectivity index (χ4v) is 9.84. The number of fused-ring (bicyclic) bond motifs is 1. The second kappa shape index (κ2) is 29.5. The van der Waals surface area contributed by atoms with E-state index in [1.165, 1.54) is 12.1 Å². The van der Waals surface area contributed by atoms with Crippen molar-refractivity contribution in [2.75, 3.05) is 94.3 Å². The number of nitrogens with zero attached hydrogens (tertiary/aromatic N) is 3. The van der Waals surface area contributed by atoms with Gasteiger partial charge >= 0.3 is 5.97 Å². The third-order valence-corrected chi connectivity index (χ3v) is 14.3. The number of unbranched alkanes of at least 4 members (excludes halogenated alkanes) is 2. The molecule has 4 N–H and O–H groups in total. The maximum Gasteiger partial charge on any atom is 0.333 e. The summed E-state index contributed by atoms with van der Waals surface area (Å²) in [5, 5.41) is 12.1. The number of imide groups is 1. The number of benzene rings is 2. The van der Waals surface area contributed by atoms with Gasteiger partial charge in [-0.15, -0.1) is 5.06 Å². The van der Waals surface area contributed by atoms with Crippen molar-refractivity contribution in [3.05, 3.63) is 77.5 Å². The Kier molecular flexibility index (Phi) is 24.7. The van der Waals surface area contributed by atoms with Crippen LogP contribution < -0.4 is 9.80 Å². The molecule has 0 aromatic heterocycles. The normalized spacial score (nSPS) is 17.9. The van der Waals surface area contributed by atoms with Gasteiger partial charge in [0.05, 0.1) is 56.9 Å². The lowest BCUT2D eigenvalue weighted by Gasteiger charge is -2.30. The van der Waals surface area contributed by atoms with Crippen LogP contribution in [-0.4, -0.2) is 143 Å². The summed E-state index contributed by atoms with van der Waals surface area (Å²) in [6, 6.07) is 9.87. The summed E-state index contributed by atoms with van der Waals surface area (Å²) in [6.07, 6.45) is 10.9. The van der Waals surface area contributed by atoms with Crippen LogP contribution in [0.2, 0.25) is 0 Å². The number of phenolic OH excluding ortho intramolecular Hbond substituents is 1. The zero-order valence-corrected chi connectivity index (χ0v) is 44.5. The first-order chi connectivity index (χ1) is 34.2. The molecule has 3 unspecified atom stereocenters. The van der Waals surface area contributed by atoms with Crippen LogP contribution in [0.25, 0.3) is 5.57 Å². The molecule has 2 heterocycles. The van der Waals surface area contributed by atoms with E-state index < -0.39 is 60.9 Å². The highest BCUT2D eigenvalue weighted by Gasteiger charge is 2.43. The van der Waals surface area contributed by atoms with Crippen molar-refractivity contribution in [2.24, 2.45) is 5.41 Å². The quantitative estimate of drug-likeness (QED) is 0.0244. The number of methoxy groups -OCH3 is 1. The number of phenols is 1. The van der Waals surface area contributed by atoms with Crippen LogP contribution in [0.15, 0.2) is 71.3 Å². The first-order valence-electron chi connectivity index (χ1n) is 24.2. The lowest BCUT2D eigenvalue weighted by atomic mass is 9.77. The van der Waals surface area contributed by atoms with Gasteiger partial charge in [0.25, 0.3) is 21.9 Å². The third-order valence-electron chi connectivity index (χ3n) is 12.2. The van der Waals surface area contributed by atoms with Gasteiger partial charge in [-0.1, -0.05) is 45.4 Å². The molecule has 0 aliphatic carbocycles. The summed E-state index contributed by atoms with van der Waals surface area (Å²) in [5.41, 5.74) is 3.10. The minimum Gasteiger partial charge on any atom is -0.507 e. The van der Waals surface area contributed by atoms with E-state index in [1.807, 2.05) is 69.0 Å². The number of ether oxygens (including phenoxy) is 4. The Morgan fingerprint density at radius 3 is 2.10 bits per heavy atom. The van der Waals surface area contributed by atoms with Crippen molar-refractivity contribution < 1.29 is 73.8 Å². The number of rotatable bonds is 33. The minimum absolute atomic E-state index is 0.00422. The number of anilines is 2. The molecule has 22 heteroatoms. The molecular formula is C50H73N3O16S3. The predicted octanol–water partition coefficient (Wildman–Crippen LogP) is 6.96. The Labute approximate surface area is 429 Å². The molecule has 4 rings (SSSR count). The third kappa shape index (κ3) is 18.8. The van der Waals surface area contributed by atoms with E-state index in [0.29, 0.717) is 133 Å². The summed E-state index contributed by atoms with van der Waals surface area (Å²) in [7, 11) is -2.97. The van der Waals surface area contributed by atoms with Gasteiger partial charge in [0.1, 0.15) is 5.75 Å². The molecule has 2 aliphatic heterocycles. The lowest BCUT2D eigenvalue weighted by Crippen LogP contribution is -2.32. The van der Waals surface area contributed by atoms with Gasteiger partial charge in [0, 0.05) is 85.9 Å². The second-order valence-electron chi connectivity index (χ2n) is 18.6. The van der Waals surface area contributed by atoms with Gasteiger partial charge in [-0.25, -0.2) is 13.2 Å². The van der Waals surface area contributed by atoms with Crippen molar-refractivity contribution in [1.29, 1.82) is 0 Å². The number of carbonyl (C=O) groups is 3. The summed E-state index contributed by atoms with van der Waals surface area (Å²) < 4.78 is 98.8. The lowest BCUT2D eigenvalue weighted by molar-refractivity contribution is -0.197. The molecule has 0 bridgehead atoms. The van der Waals surface area contributed by atoms with Crippen molar-refractivity contribution in [3.8, 4) is 5.75 Å². The largest absolute Gasteiger partial charge is 0.507 e. The maximum absolute atomic E-state index is 12.5. The number of aromatic hydroxyl groups is 1. The molecule has 72 heavy (non-hydrogen) atoms. The van der Waals surface area contributed by atoms with Crippen LogP contribution >= 0.6 is 0 Å². The topological polar surface area (TPSA) is 256 Å². The molecule has 2 amide bonds. The van der Waals surface area contributed by atoms with Gasteiger partial charge in [-0.2, -0.15) is 8.42 Å². The van der Waals surface area contributed by atoms with Crippen LogP contribution in [0.5, 0.6) is 5.75 Å². The van der Waals surface area contributed by atoms with Crippen molar-refractivity contribution >= 4 is 67.0 Å². The summed E-state index contributed by atoms with van der Waals surface area (Å²) in [5.74, 6) is -1.64. The van der Waals surface area contributed by atoms with Crippen molar-refractivity contribution in [2.45, 2.75) is 102 Å². The highest BCUT2D eigenvalue weighted by atomic mass is 32.2. The standard InChI is InChI=1S/C50H73N3O16S3/c1-49(2,3)41(40-19-17-38(36-44(40)54)51(24-13-35-71(60)61)26-27-66-30-31-68-33-32-67-29-28-65-5)14-8-6-9-15-45-50(4,23-12-34-70(58)59)42-37-39(72(62,63)64)18-20-43(42)52(45)25-11-7-10-16-48(57)69-53-46(55)21-22-47(53)56/h6,9,14-15,17-20,36-37,54H,7-8,10-13,16,21-35H2,1-5H3,(H,58,59)(H,60,61)(H,62,63,64)/b9-6+,41-14+,45-15+. The van der Waals surface area contributed by atoms with Gasteiger partial charge in [-0.3, -0.25) is 14.1 Å². The van der Waals surface area contributed by atoms with Crippen LogP contribution in [-0.2, 0) is 75.9 Å². The maximum atomic E-state index is 12.5. The first-order valence-corrected chi connectivity index (χ1v) is 28.2. The summed E-state index contributed by atoms with van der Waals surface area (Å²) in [4.78, 5) is 45.0. The van der Waals surface area contributed by atoms with Crippen LogP contribution in [0.3, 0.4) is 0 Å². The van der Waals surface area contributed by atoms with Gasteiger partial charge < -0.3 is 47.8 Å². The zero-order valence-electron chi connectivity index (χ0n) is 42.1. The molecule has 2 aromatic rings. The Balaban J connectivity index is 1.54. The molecule has 0 saturated carbocycles. The molecule has 1 fully saturated rings. The fraction of sp³-hybridized carbons (Fsp3) is 0.580. The Bertz CT molecular complexity index is 2370. The molecular weight excluding hydrogens is 995 g/mol. The van der Waals surface area contributed by atoms with E-state index in [9.17, 15) is 50.0 Å². The zero-order chi connectivity index (χ0) is 52.9. The SMILES string of the molecule is COCCOCCOCCOCCN(CCCS(=O)O)c1ccc(/C(=C\C/C=C/C=C2/N(CCCCCC(=O)ON3C(=O)CCC3=O)c3ccc(S(=O)(=O)O)cc3C2(C)CCCS(=O)O)C(C)(C)C)c(O)c1. The Morgan fingerprint density at radius 1 is 0.847 bits per heavy atom. The van der Waals surface area contributed by atoms with Gasteiger partial charge in [0.2, 0.25) is 0 Å². The number of hydrogen-bond acceptors (Lipinski definition) is 15. The number of carbonyl (C=O) groups excluding carboxylic acids is 3. The minimum atomic E-state index is -4.58. The first kappa shape index (κ1) is 60.2. The van der Waals surface area contributed by atoms with Crippen molar-refractivity contribution in [3.63, 3.8) is 0 Å². The van der Waals surface area contributed by atoms with Crippen molar-refractivity contribution in [1.82, 2.24) is 5.06 Å². The summed E-state index contributed by atoms with van der Waals surface area (Å²) >= 11 is -4.02. The Morgan fingerprint density at radius 2 is 1.49 bits per heavy atom. The molecule has 2 aromatic carbocycles. The smallest absolute Gasteiger partial charge is 0.333 e. The van der Waals surface area contributed by atoms with Gasteiger partial charge in [0.15, 0.2) is 22.2 Å². The van der Waals surface area contributed by atoms with E-state index in [2.05, 4.69) is 4.90 Å². The monoisotopic (exact) mass is 1070 g/mol. The van der Waals surface area contributed by atoms with E-state index in [-0.39, 0.29) is 41.4 Å². The highest BCUT2D eigenvalue weighted by Crippen LogP contribution is 2.51. The molecule has 1 saturated heterocycles. The number of allylic oxidation sites excluding steroid dienone is 6. The predicted molar refractivity (Wildman–Crippen MR) is 276 cm³/mol. The average molecular weight is 1070 g/mol. The highest BCUT2D eigenvalue weighted by molar-refractivity contribution is 7.85. The molecule has 3 atom stereocenters. The molecule has 2 aliphatic rings. The van der Waals surface area contributed by atoms with E-state index in [0.717, 1.165) is 17.0 Å². The second-order valence-corrected chi connectivity index (χ2v) is 22.1. The Hall–Kier alpha value is -4.36. The fourth-order valence-electron chi connectivity index (χ4n) is 8.56. The molecule has 19 nitrogen and oxygen atoms in total. The van der Waals surface area contributed by atoms with E-state index in [4.69, 9.17) is 23.8 Å². The number of hydrogen-bond donors (Lipinski definition) is 4. The molecule has 0 radical (unpaired) electrons. The summed E-state index contributed by atoms with van der Waals surface area (Å²) in [6.45, 7) is 12.5.